The minimum absolute atomic E-state index is 0.00137. The highest BCUT2D eigenvalue weighted by Gasteiger charge is 2.27. The van der Waals surface area contributed by atoms with Gasteiger partial charge in [0, 0.05) is 49.4 Å². The Bertz CT molecular complexity index is 991. The number of imidazole rings is 1. The van der Waals surface area contributed by atoms with Crippen molar-refractivity contribution in [2.75, 3.05) is 13.1 Å². The number of carbonyl (C=O) groups excluding carboxylic acids is 2. The van der Waals surface area contributed by atoms with E-state index < -0.39 is 0 Å². The van der Waals surface area contributed by atoms with Crippen LogP contribution in [0.4, 0.5) is 0 Å². The van der Waals surface area contributed by atoms with Crippen molar-refractivity contribution >= 4 is 22.8 Å². The molecule has 27 heavy (non-hydrogen) atoms. The molecule has 0 bridgehead atoms. The van der Waals surface area contributed by atoms with E-state index in [9.17, 15) is 9.59 Å². The van der Waals surface area contributed by atoms with Gasteiger partial charge in [-0.05, 0) is 31.0 Å². The van der Waals surface area contributed by atoms with Crippen LogP contribution in [0.1, 0.15) is 34.9 Å². The molecular formula is C19H20N6O2. The fourth-order valence-corrected chi connectivity index (χ4v) is 3.60. The molecule has 0 radical (unpaired) electrons. The summed E-state index contributed by atoms with van der Waals surface area (Å²) in [6.45, 7) is 1.42. The highest BCUT2D eigenvalue weighted by Crippen LogP contribution is 2.28. The molecule has 0 unspecified atom stereocenters. The summed E-state index contributed by atoms with van der Waals surface area (Å²) in [4.78, 5) is 38.8. The van der Waals surface area contributed by atoms with Crippen LogP contribution < -0.4 is 5.73 Å². The fraction of sp³-hybridized carbons (Fsp3) is 0.316. The Morgan fingerprint density at radius 1 is 1.04 bits per heavy atom. The van der Waals surface area contributed by atoms with Crippen molar-refractivity contribution in [1.82, 2.24) is 24.4 Å². The van der Waals surface area contributed by atoms with E-state index in [1.165, 1.54) is 0 Å². The Morgan fingerprint density at radius 2 is 1.78 bits per heavy atom. The minimum Gasteiger partial charge on any atom is -0.368 e. The highest BCUT2D eigenvalue weighted by molar-refractivity contribution is 5.97. The van der Waals surface area contributed by atoms with E-state index in [1.54, 1.807) is 41.5 Å². The molecule has 0 saturated carbocycles. The molecule has 1 aliphatic heterocycles. The standard InChI is InChI=1S/C19H20N6O2/c20-17(26)12-25-10-7-23-18(25)13-3-8-24(9-4-13)19(27)14-1-2-15-16(11-14)22-6-5-21-15/h1-2,5-7,10-11,13H,3-4,8-9,12H2,(H2,20,26). The molecular weight excluding hydrogens is 344 g/mol. The Labute approximate surface area is 156 Å². The second-order valence-electron chi connectivity index (χ2n) is 6.71. The number of piperidine rings is 1. The average molecular weight is 364 g/mol. The third kappa shape index (κ3) is 3.51. The molecule has 0 spiro atoms. The van der Waals surface area contributed by atoms with Gasteiger partial charge in [0.1, 0.15) is 12.4 Å². The number of aromatic nitrogens is 4. The lowest BCUT2D eigenvalue weighted by Crippen LogP contribution is -2.38. The molecule has 4 rings (SSSR count). The maximum absolute atomic E-state index is 12.8. The van der Waals surface area contributed by atoms with Crippen LogP contribution in [0, 0.1) is 0 Å². The summed E-state index contributed by atoms with van der Waals surface area (Å²) in [6.07, 6.45) is 8.32. The van der Waals surface area contributed by atoms with Crippen LogP contribution >= 0.6 is 0 Å². The van der Waals surface area contributed by atoms with Crippen molar-refractivity contribution in [2.24, 2.45) is 5.73 Å². The molecule has 138 valence electrons. The molecule has 0 aliphatic carbocycles. The van der Waals surface area contributed by atoms with Crippen LogP contribution in [0.15, 0.2) is 43.0 Å². The van der Waals surface area contributed by atoms with E-state index in [-0.39, 0.29) is 24.3 Å². The number of amides is 2. The highest BCUT2D eigenvalue weighted by atomic mass is 16.2. The lowest BCUT2D eigenvalue weighted by Gasteiger charge is -2.32. The number of benzene rings is 1. The second kappa shape index (κ2) is 7.14. The summed E-state index contributed by atoms with van der Waals surface area (Å²) in [5, 5.41) is 0. The van der Waals surface area contributed by atoms with Gasteiger partial charge in [0.05, 0.1) is 11.0 Å². The zero-order chi connectivity index (χ0) is 18.8. The van der Waals surface area contributed by atoms with Crippen LogP contribution in [-0.4, -0.2) is 49.3 Å². The molecule has 3 aromatic rings. The first kappa shape index (κ1) is 17.1. The normalized spacial score (nSPS) is 15.2. The third-order valence-electron chi connectivity index (χ3n) is 4.94. The Kier molecular flexibility index (Phi) is 4.53. The second-order valence-corrected chi connectivity index (χ2v) is 6.71. The quantitative estimate of drug-likeness (QED) is 0.751. The number of hydrogen-bond donors (Lipinski definition) is 1. The van der Waals surface area contributed by atoms with Gasteiger partial charge in [-0.1, -0.05) is 0 Å². The van der Waals surface area contributed by atoms with Crippen molar-refractivity contribution in [1.29, 1.82) is 0 Å². The Hall–Kier alpha value is -3.29. The number of primary amides is 1. The number of carbonyl (C=O) groups is 2. The summed E-state index contributed by atoms with van der Waals surface area (Å²) in [5.74, 6) is 0.690. The largest absolute Gasteiger partial charge is 0.368 e. The molecule has 8 heteroatoms. The minimum atomic E-state index is -0.388. The van der Waals surface area contributed by atoms with Gasteiger partial charge >= 0.3 is 0 Å². The number of nitrogens with zero attached hydrogens (tertiary/aromatic N) is 5. The molecule has 2 amide bonds. The van der Waals surface area contributed by atoms with E-state index in [2.05, 4.69) is 15.0 Å². The van der Waals surface area contributed by atoms with Crippen LogP contribution in [0.3, 0.4) is 0 Å². The lowest BCUT2D eigenvalue weighted by atomic mass is 9.95. The van der Waals surface area contributed by atoms with Gasteiger partial charge in [-0.15, -0.1) is 0 Å². The maximum atomic E-state index is 12.8. The van der Waals surface area contributed by atoms with E-state index in [0.717, 1.165) is 24.2 Å². The van der Waals surface area contributed by atoms with Crippen molar-refractivity contribution in [3.05, 3.63) is 54.4 Å². The van der Waals surface area contributed by atoms with Crippen LogP contribution in [0.25, 0.3) is 11.0 Å². The summed E-state index contributed by atoms with van der Waals surface area (Å²) < 4.78 is 1.80. The predicted octanol–water partition coefficient (Wildman–Crippen LogP) is 1.33. The monoisotopic (exact) mass is 364 g/mol. The topological polar surface area (TPSA) is 107 Å². The van der Waals surface area contributed by atoms with Crippen LogP contribution in [0.5, 0.6) is 0 Å². The van der Waals surface area contributed by atoms with Gasteiger partial charge < -0.3 is 15.2 Å². The number of fused-ring (bicyclic) bond motifs is 1. The molecule has 1 fully saturated rings. The van der Waals surface area contributed by atoms with Crippen molar-refractivity contribution < 1.29 is 9.59 Å². The van der Waals surface area contributed by atoms with Crippen molar-refractivity contribution in [3.63, 3.8) is 0 Å². The lowest BCUT2D eigenvalue weighted by molar-refractivity contribution is -0.118. The molecule has 1 saturated heterocycles. The van der Waals surface area contributed by atoms with Gasteiger partial charge in [0.2, 0.25) is 5.91 Å². The average Bonchev–Trinajstić information content (AvgIpc) is 3.14. The van der Waals surface area contributed by atoms with Crippen LogP contribution in [0.2, 0.25) is 0 Å². The van der Waals surface area contributed by atoms with Gasteiger partial charge in [-0.3, -0.25) is 19.6 Å². The van der Waals surface area contributed by atoms with Gasteiger partial charge in [-0.2, -0.15) is 0 Å². The SMILES string of the molecule is NC(=O)Cn1ccnc1C1CCN(C(=O)c2ccc3nccnc3c2)CC1. The number of likely N-dealkylation sites (tertiary alicyclic amines) is 1. The molecule has 8 nitrogen and oxygen atoms in total. The molecule has 0 atom stereocenters. The summed E-state index contributed by atoms with van der Waals surface area (Å²) >= 11 is 0. The molecule has 2 aromatic heterocycles. The summed E-state index contributed by atoms with van der Waals surface area (Å²) in [6, 6.07) is 5.41. The Balaban J connectivity index is 1.45. The van der Waals surface area contributed by atoms with E-state index in [1.807, 2.05) is 11.0 Å². The predicted molar refractivity (Wildman–Crippen MR) is 98.8 cm³/mol. The van der Waals surface area contributed by atoms with Gasteiger partial charge in [0.15, 0.2) is 0 Å². The molecule has 1 aliphatic rings. The van der Waals surface area contributed by atoms with Crippen molar-refractivity contribution in [2.45, 2.75) is 25.3 Å². The Morgan fingerprint density at radius 3 is 2.52 bits per heavy atom. The van der Waals surface area contributed by atoms with Crippen molar-refractivity contribution in [3.8, 4) is 0 Å². The fourth-order valence-electron chi connectivity index (χ4n) is 3.60. The first-order valence-corrected chi connectivity index (χ1v) is 8.91. The van der Waals surface area contributed by atoms with Gasteiger partial charge in [0.25, 0.3) is 5.91 Å². The maximum Gasteiger partial charge on any atom is 0.253 e. The van der Waals surface area contributed by atoms with E-state index >= 15 is 0 Å². The third-order valence-corrected chi connectivity index (χ3v) is 4.94. The van der Waals surface area contributed by atoms with E-state index in [4.69, 9.17) is 5.73 Å². The smallest absolute Gasteiger partial charge is 0.253 e. The zero-order valence-corrected chi connectivity index (χ0v) is 14.8. The molecule has 1 aromatic carbocycles. The molecule has 3 heterocycles. The number of hydrogen-bond acceptors (Lipinski definition) is 5. The zero-order valence-electron chi connectivity index (χ0n) is 14.8. The number of nitrogens with two attached hydrogens (primary N) is 1. The van der Waals surface area contributed by atoms with Crippen LogP contribution in [-0.2, 0) is 11.3 Å². The molecule has 2 N–H and O–H groups in total. The number of rotatable bonds is 4. The first-order chi connectivity index (χ1) is 13.1. The summed E-state index contributed by atoms with van der Waals surface area (Å²) in [7, 11) is 0. The summed E-state index contributed by atoms with van der Waals surface area (Å²) in [5.41, 5.74) is 7.41. The van der Waals surface area contributed by atoms with Gasteiger partial charge in [-0.25, -0.2) is 4.98 Å². The van der Waals surface area contributed by atoms with E-state index in [0.29, 0.717) is 24.2 Å². The first-order valence-electron chi connectivity index (χ1n) is 8.91.